The van der Waals surface area contributed by atoms with Gasteiger partial charge in [-0.05, 0) is 68.9 Å². The van der Waals surface area contributed by atoms with Gasteiger partial charge in [0.2, 0.25) is 11.8 Å². The SMILES string of the molecule is O=C1C[C@@H]([C@H]2CCCC=C2[NH+]2CCCCC2)C(=O)N1c1ccc(N2CCOCC2)cc1. The number of carbonyl (C=O) groups excluding carboxylic acids is 2. The number of morpholine rings is 1. The first kappa shape index (κ1) is 20.7. The fraction of sp³-hybridized carbons (Fsp3) is 0.600. The summed E-state index contributed by atoms with van der Waals surface area (Å²) in [4.78, 5) is 31.7. The number of piperidine rings is 1. The van der Waals surface area contributed by atoms with Crippen molar-refractivity contribution in [3.05, 3.63) is 36.0 Å². The number of hydrogen-bond acceptors (Lipinski definition) is 4. The monoisotopic (exact) mass is 424 g/mol. The minimum Gasteiger partial charge on any atom is -0.378 e. The van der Waals surface area contributed by atoms with Crippen LogP contribution in [-0.2, 0) is 14.3 Å². The molecular weight excluding hydrogens is 390 g/mol. The van der Waals surface area contributed by atoms with Gasteiger partial charge in [-0.15, -0.1) is 0 Å². The predicted octanol–water partition coefficient (Wildman–Crippen LogP) is 2.16. The van der Waals surface area contributed by atoms with Crippen molar-refractivity contribution in [2.24, 2.45) is 11.8 Å². The fourth-order valence-corrected chi connectivity index (χ4v) is 5.87. The van der Waals surface area contributed by atoms with Gasteiger partial charge in [-0.25, -0.2) is 0 Å². The van der Waals surface area contributed by atoms with E-state index in [-0.39, 0.29) is 23.7 Å². The summed E-state index contributed by atoms with van der Waals surface area (Å²) in [5.41, 5.74) is 3.25. The number of carbonyl (C=O) groups is 2. The number of nitrogens with zero attached hydrogens (tertiary/aromatic N) is 2. The van der Waals surface area contributed by atoms with Gasteiger partial charge in [-0.2, -0.15) is 0 Å². The van der Waals surface area contributed by atoms with E-state index in [0.29, 0.717) is 12.1 Å². The van der Waals surface area contributed by atoms with Crippen molar-refractivity contribution in [3.63, 3.8) is 0 Å². The molecule has 5 rings (SSSR count). The molecule has 1 aromatic carbocycles. The summed E-state index contributed by atoms with van der Waals surface area (Å²) in [6.07, 6.45) is 9.83. The Morgan fingerprint density at radius 2 is 1.58 bits per heavy atom. The first-order valence-electron chi connectivity index (χ1n) is 12.1. The molecule has 2 amide bonds. The second kappa shape index (κ2) is 9.13. The topological polar surface area (TPSA) is 54.3 Å². The van der Waals surface area contributed by atoms with Crippen LogP contribution in [0.3, 0.4) is 0 Å². The molecular formula is C25H34N3O3+. The molecule has 3 heterocycles. The minimum absolute atomic E-state index is 0.00154. The average Bonchev–Trinajstić information content (AvgIpc) is 3.14. The number of hydrogen-bond donors (Lipinski definition) is 1. The molecule has 2 atom stereocenters. The molecule has 3 aliphatic heterocycles. The van der Waals surface area contributed by atoms with Gasteiger partial charge in [0.1, 0.15) is 5.70 Å². The quantitative estimate of drug-likeness (QED) is 0.753. The Kier molecular flexibility index (Phi) is 6.10. The summed E-state index contributed by atoms with van der Waals surface area (Å²) < 4.78 is 5.43. The van der Waals surface area contributed by atoms with Gasteiger partial charge in [0.15, 0.2) is 0 Å². The fourth-order valence-electron chi connectivity index (χ4n) is 5.87. The molecule has 1 aliphatic carbocycles. The van der Waals surface area contributed by atoms with Crippen LogP contribution in [0.25, 0.3) is 0 Å². The van der Waals surface area contributed by atoms with Crippen molar-refractivity contribution in [2.45, 2.75) is 44.9 Å². The van der Waals surface area contributed by atoms with E-state index in [4.69, 9.17) is 4.74 Å². The van der Waals surface area contributed by atoms with Gasteiger partial charge >= 0.3 is 0 Å². The Bertz CT molecular complexity index is 838. The van der Waals surface area contributed by atoms with Crippen molar-refractivity contribution >= 4 is 23.2 Å². The number of nitrogens with one attached hydrogen (secondary N) is 1. The van der Waals surface area contributed by atoms with Gasteiger partial charge in [-0.1, -0.05) is 0 Å². The number of rotatable bonds is 4. The highest BCUT2D eigenvalue weighted by Crippen LogP contribution is 2.38. The molecule has 6 nitrogen and oxygen atoms in total. The molecule has 31 heavy (non-hydrogen) atoms. The van der Waals surface area contributed by atoms with Gasteiger partial charge in [0.25, 0.3) is 0 Å². The second-order valence-corrected chi connectivity index (χ2v) is 9.35. The molecule has 4 aliphatic rings. The summed E-state index contributed by atoms with van der Waals surface area (Å²) in [7, 11) is 0. The number of imide groups is 1. The van der Waals surface area contributed by atoms with E-state index in [0.717, 1.165) is 51.3 Å². The highest BCUT2D eigenvalue weighted by molar-refractivity contribution is 6.21. The van der Waals surface area contributed by atoms with Gasteiger partial charge in [-0.3, -0.25) is 14.5 Å². The van der Waals surface area contributed by atoms with E-state index < -0.39 is 0 Å². The third kappa shape index (κ3) is 4.15. The molecule has 166 valence electrons. The van der Waals surface area contributed by atoms with Crippen molar-refractivity contribution in [2.75, 3.05) is 49.2 Å². The molecule has 0 spiro atoms. The highest BCUT2D eigenvalue weighted by Gasteiger charge is 2.47. The lowest BCUT2D eigenvalue weighted by Gasteiger charge is -2.34. The summed E-state index contributed by atoms with van der Waals surface area (Å²) >= 11 is 0. The van der Waals surface area contributed by atoms with Crippen LogP contribution in [0, 0.1) is 11.8 Å². The normalized spacial score (nSPS) is 28.2. The maximum absolute atomic E-state index is 13.5. The molecule has 3 saturated heterocycles. The zero-order valence-corrected chi connectivity index (χ0v) is 18.4. The molecule has 1 N–H and O–H groups in total. The molecule has 0 unspecified atom stereocenters. The number of quaternary nitrogens is 1. The van der Waals surface area contributed by atoms with Crippen LogP contribution in [0.1, 0.15) is 44.9 Å². The zero-order chi connectivity index (χ0) is 21.2. The number of allylic oxidation sites excluding steroid dienone is 2. The maximum atomic E-state index is 13.5. The van der Waals surface area contributed by atoms with E-state index in [1.807, 2.05) is 24.3 Å². The van der Waals surface area contributed by atoms with E-state index >= 15 is 0 Å². The van der Waals surface area contributed by atoms with Gasteiger partial charge < -0.3 is 14.5 Å². The molecule has 0 saturated carbocycles. The Balaban J connectivity index is 1.33. The summed E-state index contributed by atoms with van der Waals surface area (Å²) in [6, 6.07) is 7.91. The van der Waals surface area contributed by atoms with Crippen molar-refractivity contribution < 1.29 is 19.2 Å². The predicted molar refractivity (Wildman–Crippen MR) is 120 cm³/mol. The van der Waals surface area contributed by atoms with Crippen molar-refractivity contribution in [3.8, 4) is 0 Å². The highest BCUT2D eigenvalue weighted by atomic mass is 16.5. The van der Waals surface area contributed by atoms with Gasteiger partial charge in [0.05, 0.1) is 37.9 Å². The van der Waals surface area contributed by atoms with Crippen LogP contribution < -0.4 is 14.7 Å². The third-order valence-corrected chi connectivity index (χ3v) is 7.50. The van der Waals surface area contributed by atoms with Gasteiger partial charge in [0, 0.05) is 31.1 Å². The lowest BCUT2D eigenvalue weighted by atomic mass is 9.80. The molecule has 3 fully saturated rings. The first-order chi connectivity index (χ1) is 15.2. The average molecular weight is 425 g/mol. The largest absolute Gasteiger partial charge is 0.378 e. The standard InChI is InChI=1S/C25H33N3O3/c29-24-18-22(21-6-2-3-7-23(21)27-12-4-1-5-13-27)25(30)28(24)20-10-8-19(9-11-20)26-14-16-31-17-15-26/h7-11,21-22H,1-6,12-18H2/p+1/t21-,22+/m1/s1. The number of likely N-dealkylation sites (tertiary alicyclic amines) is 1. The molecule has 0 bridgehead atoms. The number of amides is 2. The summed E-state index contributed by atoms with van der Waals surface area (Å²) in [5, 5.41) is 0. The lowest BCUT2D eigenvalue weighted by molar-refractivity contribution is -0.870. The second-order valence-electron chi connectivity index (χ2n) is 9.35. The third-order valence-electron chi connectivity index (χ3n) is 7.50. The molecule has 6 heteroatoms. The molecule has 0 aromatic heterocycles. The Hall–Kier alpha value is -2.18. The minimum atomic E-state index is -0.201. The summed E-state index contributed by atoms with van der Waals surface area (Å²) in [6.45, 7) is 5.57. The van der Waals surface area contributed by atoms with Crippen molar-refractivity contribution in [1.82, 2.24) is 0 Å². The van der Waals surface area contributed by atoms with Crippen LogP contribution in [0.4, 0.5) is 11.4 Å². The van der Waals surface area contributed by atoms with E-state index in [2.05, 4.69) is 11.0 Å². The van der Waals surface area contributed by atoms with Crippen molar-refractivity contribution in [1.29, 1.82) is 0 Å². The van der Waals surface area contributed by atoms with Crippen LogP contribution in [0.2, 0.25) is 0 Å². The number of ether oxygens (including phenoxy) is 1. The van der Waals surface area contributed by atoms with E-state index in [1.54, 1.807) is 4.90 Å². The maximum Gasteiger partial charge on any atom is 0.238 e. The smallest absolute Gasteiger partial charge is 0.238 e. The first-order valence-corrected chi connectivity index (χ1v) is 12.1. The van der Waals surface area contributed by atoms with E-state index in [9.17, 15) is 9.59 Å². The summed E-state index contributed by atoms with van der Waals surface area (Å²) in [5.74, 6) is -0.0330. The number of benzene rings is 1. The molecule has 1 aromatic rings. The lowest BCUT2D eigenvalue weighted by Crippen LogP contribution is -3.11. The molecule has 0 radical (unpaired) electrons. The van der Waals surface area contributed by atoms with Crippen LogP contribution in [0.5, 0.6) is 0 Å². The van der Waals surface area contributed by atoms with E-state index in [1.165, 1.54) is 42.9 Å². The van der Waals surface area contributed by atoms with Crippen LogP contribution in [0.15, 0.2) is 36.0 Å². The Morgan fingerprint density at radius 1 is 0.871 bits per heavy atom. The number of anilines is 2. The van der Waals surface area contributed by atoms with Crippen LogP contribution >= 0.6 is 0 Å². The Morgan fingerprint density at radius 3 is 2.32 bits per heavy atom. The van der Waals surface area contributed by atoms with Crippen LogP contribution in [-0.4, -0.2) is 51.2 Å². The Labute approximate surface area is 184 Å². The zero-order valence-electron chi connectivity index (χ0n) is 18.4.